The molecule has 0 radical (unpaired) electrons. The van der Waals surface area contributed by atoms with Gasteiger partial charge in [-0.3, -0.25) is 4.79 Å². The zero-order chi connectivity index (χ0) is 15.1. The van der Waals surface area contributed by atoms with E-state index in [1.54, 1.807) is 0 Å². The van der Waals surface area contributed by atoms with Gasteiger partial charge < -0.3 is 11.1 Å². The second kappa shape index (κ2) is 7.31. The minimum absolute atomic E-state index is 0. The van der Waals surface area contributed by atoms with Crippen molar-refractivity contribution in [1.82, 2.24) is 5.32 Å². The van der Waals surface area contributed by atoms with Gasteiger partial charge in [-0.25, -0.2) is 0 Å². The van der Waals surface area contributed by atoms with Crippen LogP contribution in [-0.2, 0) is 4.79 Å². The fourth-order valence-corrected chi connectivity index (χ4v) is 5.90. The van der Waals surface area contributed by atoms with Gasteiger partial charge in [-0.05, 0) is 55.8 Å². The van der Waals surface area contributed by atoms with Crippen LogP contribution in [0.3, 0.4) is 0 Å². The maximum Gasteiger partial charge on any atom is 0.223 e. The van der Waals surface area contributed by atoms with Crippen molar-refractivity contribution < 1.29 is 4.79 Å². The Labute approximate surface area is 146 Å². The summed E-state index contributed by atoms with van der Waals surface area (Å²) in [5, 5.41) is 3.48. The molecule has 0 aliphatic heterocycles. The molecule has 4 heteroatoms. The quantitative estimate of drug-likeness (QED) is 0.824. The predicted octanol–water partition coefficient (Wildman–Crippen LogP) is 3.65. The Kier molecular flexibility index (Phi) is 5.57. The average molecular weight is 341 g/mol. The fourth-order valence-electron chi connectivity index (χ4n) is 5.90. The van der Waals surface area contributed by atoms with E-state index in [0.29, 0.717) is 41.7 Å². The third-order valence-electron chi connectivity index (χ3n) is 7.12. The molecule has 4 unspecified atom stereocenters. The Morgan fingerprint density at radius 1 is 0.826 bits per heavy atom. The van der Waals surface area contributed by atoms with Gasteiger partial charge in [0.25, 0.3) is 0 Å². The van der Waals surface area contributed by atoms with Crippen molar-refractivity contribution in [2.45, 2.75) is 82.7 Å². The van der Waals surface area contributed by atoms with Gasteiger partial charge in [0, 0.05) is 18.0 Å². The topological polar surface area (TPSA) is 55.1 Å². The summed E-state index contributed by atoms with van der Waals surface area (Å²) in [4.78, 5) is 12.7. The van der Waals surface area contributed by atoms with Gasteiger partial charge in [-0.1, -0.05) is 38.5 Å². The van der Waals surface area contributed by atoms with Crippen LogP contribution in [0.15, 0.2) is 0 Å². The number of amides is 1. The van der Waals surface area contributed by atoms with Crippen LogP contribution >= 0.6 is 12.4 Å². The highest BCUT2D eigenvalue weighted by atomic mass is 35.5. The molecule has 4 aliphatic rings. The minimum atomic E-state index is 0. The van der Waals surface area contributed by atoms with E-state index in [1.165, 1.54) is 51.4 Å². The molecule has 4 atom stereocenters. The molecule has 0 aromatic carbocycles. The number of hydrogen-bond donors (Lipinski definition) is 2. The summed E-state index contributed by atoms with van der Waals surface area (Å²) >= 11 is 0. The number of nitrogens with two attached hydrogens (primary N) is 1. The molecule has 4 fully saturated rings. The van der Waals surface area contributed by atoms with Gasteiger partial charge in [0.2, 0.25) is 5.91 Å². The van der Waals surface area contributed by atoms with Crippen LogP contribution in [0.1, 0.15) is 70.6 Å². The van der Waals surface area contributed by atoms with Crippen molar-refractivity contribution in [3.63, 3.8) is 0 Å². The summed E-state index contributed by atoms with van der Waals surface area (Å²) in [7, 11) is 0. The van der Waals surface area contributed by atoms with Gasteiger partial charge in [0.15, 0.2) is 0 Å². The van der Waals surface area contributed by atoms with Crippen molar-refractivity contribution in [3.05, 3.63) is 0 Å². The molecular formula is C19H33ClN2O. The van der Waals surface area contributed by atoms with E-state index in [1.807, 2.05) is 0 Å². The lowest BCUT2D eigenvalue weighted by molar-refractivity contribution is -0.125. The molecule has 2 bridgehead atoms. The smallest absolute Gasteiger partial charge is 0.223 e. The molecule has 23 heavy (non-hydrogen) atoms. The Hall–Kier alpha value is -0.280. The number of carbonyl (C=O) groups excluding carboxylic acids is 1. The number of halogens is 1. The van der Waals surface area contributed by atoms with E-state index in [-0.39, 0.29) is 12.4 Å². The Bertz CT molecular complexity index is 410. The highest BCUT2D eigenvalue weighted by Gasteiger charge is 2.49. The summed E-state index contributed by atoms with van der Waals surface area (Å²) in [5.41, 5.74) is 6.20. The molecule has 4 saturated carbocycles. The first-order valence-corrected chi connectivity index (χ1v) is 9.78. The molecule has 0 spiro atoms. The van der Waals surface area contributed by atoms with Crippen LogP contribution in [-0.4, -0.2) is 18.0 Å². The second-order valence-corrected chi connectivity index (χ2v) is 8.62. The molecule has 0 saturated heterocycles. The van der Waals surface area contributed by atoms with E-state index in [9.17, 15) is 4.79 Å². The zero-order valence-electron chi connectivity index (χ0n) is 14.2. The van der Waals surface area contributed by atoms with Gasteiger partial charge in [0.05, 0.1) is 0 Å². The minimum Gasteiger partial charge on any atom is -0.353 e. The third kappa shape index (κ3) is 3.71. The molecular weight excluding hydrogens is 308 g/mol. The lowest BCUT2D eigenvalue weighted by Crippen LogP contribution is -2.54. The fraction of sp³-hybridized carbons (Fsp3) is 0.947. The molecule has 4 aliphatic carbocycles. The first-order valence-electron chi connectivity index (χ1n) is 9.78. The number of carbonyl (C=O) groups is 1. The summed E-state index contributed by atoms with van der Waals surface area (Å²) in [5.74, 6) is 3.60. The lowest BCUT2D eigenvalue weighted by Gasteiger charge is -2.45. The van der Waals surface area contributed by atoms with Crippen molar-refractivity contribution >= 4 is 18.3 Å². The molecule has 132 valence electrons. The largest absolute Gasteiger partial charge is 0.353 e. The van der Waals surface area contributed by atoms with Gasteiger partial charge in [-0.2, -0.15) is 0 Å². The maximum absolute atomic E-state index is 12.7. The van der Waals surface area contributed by atoms with Crippen LogP contribution in [0, 0.1) is 29.6 Å². The summed E-state index contributed by atoms with van der Waals surface area (Å²) < 4.78 is 0. The number of hydrogen-bond acceptors (Lipinski definition) is 2. The van der Waals surface area contributed by atoms with E-state index in [4.69, 9.17) is 5.73 Å². The molecule has 1 amide bonds. The van der Waals surface area contributed by atoms with Gasteiger partial charge >= 0.3 is 0 Å². The van der Waals surface area contributed by atoms with Crippen molar-refractivity contribution in [1.29, 1.82) is 0 Å². The monoisotopic (exact) mass is 340 g/mol. The van der Waals surface area contributed by atoms with E-state index >= 15 is 0 Å². The molecule has 3 nitrogen and oxygen atoms in total. The zero-order valence-corrected chi connectivity index (χ0v) is 15.0. The van der Waals surface area contributed by atoms with Crippen molar-refractivity contribution in [3.8, 4) is 0 Å². The maximum atomic E-state index is 12.7. The molecule has 4 rings (SSSR count). The Morgan fingerprint density at radius 3 is 2.09 bits per heavy atom. The van der Waals surface area contributed by atoms with Crippen LogP contribution in [0.2, 0.25) is 0 Å². The summed E-state index contributed by atoms with van der Waals surface area (Å²) in [6.07, 6.45) is 14.2. The second-order valence-electron chi connectivity index (χ2n) is 8.62. The normalized spacial score (nSPS) is 43.3. The molecule has 3 N–H and O–H groups in total. The van der Waals surface area contributed by atoms with Crippen molar-refractivity contribution in [2.24, 2.45) is 35.3 Å². The molecule has 0 aromatic rings. The highest BCUT2D eigenvalue weighted by Crippen LogP contribution is 2.50. The van der Waals surface area contributed by atoms with Crippen molar-refractivity contribution in [2.75, 3.05) is 0 Å². The van der Waals surface area contributed by atoms with E-state index in [0.717, 1.165) is 25.2 Å². The molecule has 0 aromatic heterocycles. The average Bonchev–Trinajstić information content (AvgIpc) is 3.30. The highest BCUT2D eigenvalue weighted by molar-refractivity contribution is 5.85. The van der Waals surface area contributed by atoms with Crippen LogP contribution in [0.5, 0.6) is 0 Å². The SMILES string of the molecule is Cl.NC1CC2CCCC(C1)C2NC(=O)C1CC1C1CCCCC1. The first kappa shape index (κ1) is 17.5. The van der Waals surface area contributed by atoms with Gasteiger partial charge in [0.1, 0.15) is 0 Å². The van der Waals surface area contributed by atoms with Gasteiger partial charge in [-0.15, -0.1) is 12.4 Å². The van der Waals surface area contributed by atoms with Crippen LogP contribution in [0.25, 0.3) is 0 Å². The number of nitrogens with one attached hydrogen (secondary N) is 1. The van der Waals surface area contributed by atoms with E-state index in [2.05, 4.69) is 5.32 Å². The molecule has 0 heterocycles. The first-order chi connectivity index (χ1) is 10.7. The van der Waals surface area contributed by atoms with Crippen LogP contribution in [0.4, 0.5) is 0 Å². The lowest BCUT2D eigenvalue weighted by atomic mass is 9.67. The summed E-state index contributed by atoms with van der Waals surface area (Å²) in [6.45, 7) is 0. The van der Waals surface area contributed by atoms with Crippen LogP contribution < -0.4 is 11.1 Å². The Balaban J connectivity index is 0.00000156. The third-order valence-corrected chi connectivity index (χ3v) is 7.12. The predicted molar refractivity (Wildman–Crippen MR) is 95.4 cm³/mol. The summed E-state index contributed by atoms with van der Waals surface area (Å²) in [6, 6.07) is 0.813. The Morgan fingerprint density at radius 2 is 1.43 bits per heavy atom. The number of rotatable bonds is 3. The standard InChI is InChI=1S/C19H32N2O.ClH/c20-15-9-13-7-4-8-14(10-15)18(13)21-19(22)17-11-16(17)12-5-2-1-3-6-12;/h12-18H,1-11,20H2,(H,21,22);1H. The van der Waals surface area contributed by atoms with E-state index < -0.39 is 0 Å². The number of fused-ring (bicyclic) bond motifs is 2.